The molecule has 0 saturated carbocycles. The van der Waals surface area contributed by atoms with Crippen LogP contribution in [0.1, 0.15) is 19.4 Å². The molecule has 1 aromatic rings. The lowest BCUT2D eigenvalue weighted by molar-refractivity contribution is 0.340. The van der Waals surface area contributed by atoms with Gasteiger partial charge in [-0.2, -0.15) is 0 Å². The molecule has 1 aromatic carbocycles. The molecule has 2 heteroatoms. The molecule has 1 nitrogen and oxygen atoms in total. The summed E-state index contributed by atoms with van der Waals surface area (Å²) in [4.78, 5) is 0. The second-order valence-corrected chi connectivity index (χ2v) is 3.85. The summed E-state index contributed by atoms with van der Waals surface area (Å²) in [5.41, 5.74) is 1.30. The van der Waals surface area contributed by atoms with E-state index in [2.05, 4.69) is 19.1 Å². The number of rotatable bonds is 5. The molecule has 14 heavy (non-hydrogen) atoms. The van der Waals surface area contributed by atoms with Crippen molar-refractivity contribution in [1.29, 1.82) is 0 Å². The third-order valence-electron chi connectivity index (χ3n) is 2.06. The van der Waals surface area contributed by atoms with Crippen LogP contribution < -0.4 is 4.74 Å². The largest absolute Gasteiger partial charge is 0.494 e. The van der Waals surface area contributed by atoms with Crippen molar-refractivity contribution in [3.05, 3.63) is 29.8 Å². The highest BCUT2D eigenvalue weighted by Gasteiger charge is 2.02. The standard InChI is InChI=1S/C12H17ClO/c1-3-14-12-6-4-5-11(8-12)7-10(2)9-13/h4-6,8,10H,3,7,9H2,1-2H3. The van der Waals surface area contributed by atoms with Crippen LogP contribution >= 0.6 is 11.6 Å². The van der Waals surface area contributed by atoms with Gasteiger partial charge in [0.1, 0.15) is 5.75 Å². The van der Waals surface area contributed by atoms with Crippen molar-refractivity contribution in [2.75, 3.05) is 12.5 Å². The summed E-state index contributed by atoms with van der Waals surface area (Å²) in [6, 6.07) is 8.22. The van der Waals surface area contributed by atoms with E-state index in [4.69, 9.17) is 16.3 Å². The molecule has 0 aromatic heterocycles. The highest BCUT2D eigenvalue weighted by Crippen LogP contribution is 2.16. The minimum absolute atomic E-state index is 0.522. The average Bonchev–Trinajstić information content (AvgIpc) is 2.19. The quantitative estimate of drug-likeness (QED) is 0.679. The number of halogens is 1. The van der Waals surface area contributed by atoms with Gasteiger partial charge in [0.2, 0.25) is 0 Å². The number of benzene rings is 1. The Morgan fingerprint density at radius 2 is 2.21 bits per heavy atom. The molecule has 0 spiro atoms. The summed E-state index contributed by atoms with van der Waals surface area (Å²) >= 11 is 5.77. The Bertz CT molecular complexity index is 273. The van der Waals surface area contributed by atoms with Crippen LogP contribution in [0.2, 0.25) is 0 Å². The van der Waals surface area contributed by atoms with Crippen LogP contribution in [0.4, 0.5) is 0 Å². The zero-order valence-corrected chi connectivity index (χ0v) is 9.55. The van der Waals surface area contributed by atoms with Crippen molar-refractivity contribution in [2.24, 2.45) is 5.92 Å². The van der Waals surface area contributed by atoms with Gasteiger partial charge in [-0.3, -0.25) is 0 Å². The van der Waals surface area contributed by atoms with Crippen LogP contribution in [0.5, 0.6) is 5.75 Å². The summed E-state index contributed by atoms with van der Waals surface area (Å²) in [5.74, 6) is 2.18. The highest BCUT2D eigenvalue weighted by atomic mass is 35.5. The summed E-state index contributed by atoms with van der Waals surface area (Å²) in [7, 11) is 0. The Hall–Kier alpha value is -0.690. The first-order chi connectivity index (χ1) is 6.76. The van der Waals surface area contributed by atoms with Gasteiger partial charge >= 0.3 is 0 Å². The van der Waals surface area contributed by atoms with Crippen molar-refractivity contribution in [3.63, 3.8) is 0 Å². The van der Waals surface area contributed by atoms with E-state index in [9.17, 15) is 0 Å². The molecule has 0 radical (unpaired) electrons. The fraction of sp³-hybridized carbons (Fsp3) is 0.500. The van der Waals surface area contributed by atoms with Crippen LogP contribution in [-0.4, -0.2) is 12.5 Å². The van der Waals surface area contributed by atoms with Gasteiger partial charge in [-0.05, 0) is 37.0 Å². The van der Waals surface area contributed by atoms with Crippen molar-refractivity contribution in [1.82, 2.24) is 0 Å². The molecule has 1 atom stereocenters. The smallest absolute Gasteiger partial charge is 0.119 e. The first-order valence-electron chi connectivity index (χ1n) is 5.04. The molecule has 0 saturated heterocycles. The van der Waals surface area contributed by atoms with Gasteiger partial charge in [-0.1, -0.05) is 19.1 Å². The van der Waals surface area contributed by atoms with E-state index in [1.54, 1.807) is 0 Å². The lowest BCUT2D eigenvalue weighted by Crippen LogP contribution is -2.01. The predicted molar refractivity (Wildman–Crippen MR) is 61.2 cm³/mol. The minimum Gasteiger partial charge on any atom is -0.494 e. The van der Waals surface area contributed by atoms with Gasteiger partial charge < -0.3 is 4.74 Å². The van der Waals surface area contributed by atoms with Crippen molar-refractivity contribution < 1.29 is 4.74 Å². The fourth-order valence-corrected chi connectivity index (χ4v) is 1.49. The molecule has 1 unspecified atom stereocenters. The van der Waals surface area contributed by atoms with E-state index >= 15 is 0 Å². The Morgan fingerprint density at radius 1 is 1.43 bits per heavy atom. The molecule has 0 N–H and O–H groups in total. The Kier molecular flexibility index (Phi) is 4.81. The molecular weight excluding hydrogens is 196 g/mol. The molecule has 0 fully saturated rings. The summed E-state index contributed by atoms with van der Waals surface area (Å²) in [6.45, 7) is 4.86. The SMILES string of the molecule is CCOc1cccc(CC(C)CCl)c1. The van der Waals surface area contributed by atoms with Gasteiger partial charge in [0.25, 0.3) is 0 Å². The van der Waals surface area contributed by atoms with Gasteiger partial charge in [0, 0.05) is 5.88 Å². The zero-order valence-electron chi connectivity index (χ0n) is 8.79. The normalized spacial score (nSPS) is 12.5. The van der Waals surface area contributed by atoms with E-state index < -0.39 is 0 Å². The molecule has 0 amide bonds. The zero-order chi connectivity index (χ0) is 10.4. The maximum absolute atomic E-state index is 5.77. The van der Waals surface area contributed by atoms with Crippen LogP contribution in [0.25, 0.3) is 0 Å². The number of hydrogen-bond donors (Lipinski definition) is 0. The average molecular weight is 213 g/mol. The van der Waals surface area contributed by atoms with Gasteiger partial charge in [-0.15, -0.1) is 11.6 Å². The van der Waals surface area contributed by atoms with Crippen molar-refractivity contribution >= 4 is 11.6 Å². The molecule has 0 aliphatic heterocycles. The summed E-state index contributed by atoms with van der Waals surface area (Å²) < 4.78 is 5.43. The Labute approximate surface area is 91.0 Å². The third-order valence-corrected chi connectivity index (χ3v) is 2.58. The van der Waals surface area contributed by atoms with E-state index in [1.165, 1.54) is 5.56 Å². The van der Waals surface area contributed by atoms with Crippen LogP contribution in [-0.2, 0) is 6.42 Å². The Balaban J connectivity index is 2.63. The van der Waals surface area contributed by atoms with E-state index in [1.807, 2.05) is 19.1 Å². The number of ether oxygens (including phenoxy) is 1. The van der Waals surface area contributed by atoms with Crippen LogP contribution in [0, 0.1) is 5.92 Å². The maximum Gasteiger partial charge on any atom is 0.119 e. The monoisotopic (exact) mass is 212 g/mol. The minimum atomic E-state index is 0.522. The maximum atomic E-state index is 5.77. The number of alkyl halides is 1. The molecule has 0 aliphatic rings. The first kappa shape index (κ1) is 11.4. The molecule has 0 aliphatic carbocycles. The lowest BCUT2D eigenvalue weighted by Gasteiger charge is -2.09. The predicted octanol–water partition coefficient (Wildman–Crippen LogP) is 3.50. The molecule has 0 heterocycles. The number of hydrogen-bond acceptors (Lipinski definition) is 1. The second kappa shape index (κ2) is 5.92. The summed E-state index contributed by atoms with van der Waals surface area (Å²) in [6.07, 6.45) is 1.02. The van der Waals surface area contributed by atoms with E-state index in [0.717, 1.165) is 12.2 Å². The molecular formula is C12H17ClO. The molecule has 78 valence electrons. The van der Waals surface area contributed by atoms with Gasteiger partial charge in [0.05, 0.1) is 6.61 Å². The second-order valence-electron chi connectivity index (χ2n) is 3.54. The molecule has 1 rings (SSSR count). The van der Waals surface area contributed by atoms with Crippen molar-refractivity contribution in [2.45, 2.75) is 20.3 Å². The molecule has 0 bridgehead atoms. The lowest BCUT2D eigenvalue weighted by atomic mass is 10.0. The summed E-state index contributed by atoms with van der Waals surface area (Å²) in [5, 5.41) is 0. The first-order valence-corrected chi connectivity index (χ1v) is 5.57. The van der Waals surface area contributed by atoms with E-state index in [-0.39, 0.29) is 0 Å². The topological polar surface area (TPSA) is 9.23 Å². The van der Waals surface area contributed by atoms with E-state index in [0.29, 0.717) is 18.4 Å². The van der Waals surface area contributed by atoms with Gasteiger partial charge in [-0.25, -0.2) is 0 Å². The highest BCUT2D eigenvalue weighted by molar-refractivity contribution is 6.18. The fourth-order valence-electron chi connectivity index (χ4n) is 1.39. The Morgan fingerprint density at radius 3 is 2.86 bits per heavy atom. The van der Waals surface area contributed by atoms with Gasteiger partial charge in [0.15, 0.2) is 0 Å². The van der Waals surface area contributed by atoms with Crippen molar-refractivity contribution in [3.8, 4) is 5.75 Å². The van der Waals surface area contributed by atoms with Crippen LogP contribution in [0.15, 0.2) is 24.3 Å². The van der Waals surface area contributed by atoms with Crippen LogP contribution in [0.3, 0.4) is 0 Å². The third kappa shape index (κ3) is 3.59.